The third-order valence-corrected chi connectivity index (χ3v) is 2.93. The van der Waals surface area contributed by atoms with Gasteiger partial charge >= 0.3 is 0 Å². The van der Waals surface area contributed by atoms with Crippen LogP contribution in [0.15, 0.2) is 18.2 Å². The van der Waals surface area contributed by atoms with Gasteiger partial charge in [-0.25, -0.2) is 0 Å². The van der Waals surface area contributed by atoms with Gasteiger partial charge in [0.15, 0.2) is 0 Å². The lowest BCUT2D eigenvalue weighted by Crippen LogP contribution is -2.19. The number of carbonyl (C=O) groups is 1. The summed E-state index contributed by atoms with van der Waals surface area (Å²) in [4.78, 5) is 11.3. The van der Waals surface area contributed by atoms with E-state index in [2.05, 4.69) is 0 Å². The van der Waals surface area contributed by atoms with Gasteiger partial charge in [-0.3, -0.25) is 4.79 Å². The molecule has 1 atom stereocenters. The molecule has 0 saturated carbocycles. The lowest BCUT2D eigenvalue weighted by Gasteiger charge is -2.23. The molecule has 2 nitrogen and oxygen atoms in total. The van der Waals surface area contributed by atoms with E-state index >= 15 is 0 Å². The molecule has 15 heavy (non-hydrogen) atoms. The highest BCUT2D eigenvalue weighted by Gasteiger charge is 2.22. The highest BCUT2D eigenvalue weighted by atomic mass is 35.5. The molecule has 1 fully saturated rings. The molecule has 80 valence electrons. The van der Waals surface area contributed by atoms with Crippen LogP contribution >= 0.6 is 11.6 Å². The fourth-order valence-corrected chi connectivity index (χ4v) is 2.11. The number of carbonyl (C=O) groups excluding carboxylic acids is 1. The zero-order valence-electron chi connectivity index (χ0n) is 8.63. The van der Waals surface area contributed by atoms with Crippen LogP contribution in [0, 0.1) is 6.92 Å². The van der Waals surface area contributed by atoms with Crippen LogP contribution in [0.5, 0.6) is 0 Å². The maximum absolute atomic E-state index is 11.3. The molecule has 0 aromatic heterocycles. The minimum Gasteiger partial charge on any atom is -0.373 e. The molecule has 2 rings (SSSR count). The summed E-state index contributed by atoms with van der Waals surface area (Å²) in [6.07, 6.45) is 0.953. The van der Waals surface area contributed by atoms with E-state index in [9.17, 15) is 4.79 Å². The van der Waals surface area contributed by atoms with Gasteiger partial charge in [-0.2, -0.15) is 0 Å². The molecule has 0 radical (unpaired) electrons. The van der Waals surface area contributed by atoms with Crippen molar-refractivity contribution in [1.82, 2.24) is 0 Å². The van der Waals surface area contributed by atoms with Crippen LogP contribution in [-0.2, 0) is 9.53 Å². The van der Waals surface area contributed by atoms with Crippen LogP contribution in [0.4, 0.5) is 0 Å². The minimum atomic E-state index is -0.0801. The fraction of sp³-hybridized carbons (Fsp3) is 0.417. The van der Waals surface area contributed by atoms with Gasteiger partial charge in [0.25, 0.3) is 0 Å². The first-order valence-electron chi connectivity index (χ1n) is 5.06. The molecule has 1 aromatic rings. The first-order valence-corrected chi connectivity index (χ1v) is 5.44. The average molecular weight is 225 g/mol. The molecule has 0 aliphatic carbocycles. The molecule has 0 spiro atoms. The Morgan fingerprint density at radius 1 is 1.47 bits per heavy atom. The van der Waals surface area contributed by atoms with E-state index < -0.39 is 0 Å². The molecule has 0 amide bonds. The minimum absolute atomic E-state index is 0.0801. The Morgan fingerprint density at radius 3 is 2.93 bits per heavy atom. The molecule has 1 aliphatic heterocycles. The van der Waals surface area contributed by atoms with E-state index in [4.69, 9.17) is 16.3 Å². The lowest BCUT2D eigenvalue weighted by atomic mass is 9.97. The van der Waals surface area contributed by atoms with Gasteiger partial charge < -0.3 is 4.74 Å². The topological polar surface area (TPSA) is 26.3 Å². The summed E-state index contributed by atoms with van der Waals surface area (Å²) in [5.74, 6) is 0.278. The highest BCUT2D eigenvalue weighted by Crippen LogP contribution is 2.29. The molecule has 1 unspecified atom stereocenters. The van der Waals surface area contributed by atoms with Crippen LogP contribution in [0.2, 0.25) is 5.02 Å². The first-order chi connectivity index (χ1) is 7.16. The van der Waals surface area contributed by atoms with Crippen LogP contribution in [0.25, 0.3) is 0 Å². The monoisotopic (exact) mass is 224 g/mol. The van der Waals surface area contributed by atoms with Gasteiger partial charge in [-0.1, -0.05) is 17.7 Å². The third-order valence-electron chi connectivity index (χ3n) is 2.69. The summed E-state index contributed by atoms with van der Waals surface area (Å²) in [5, 5.41) is 0.721. The van der Waals surface area contributed by atoms with Crippen molar-refractivity contribution in [3.8, 4) is 0 Å². The van der Waals surface area contributed by atoms with Gasteiger partial charge in [0, 0.05) is 17.9 Å². The molecular formula is C12H13ClO2. The molecule has 1 heterocycles. The summed E-state index contributed by atoms with van der Waals surface area (Å²) in [5.41, 5.74) is 2.16. The predicted molar refractivity (Wildman–Crippen MR) is 59.1 cm³/mol. The van der Waals surface area contributed by atoms with E-state index in [1.807, 2.05) is 25.1 Å². The average Bonchev–Trinajstić information content (AvgIpc) is 2.17. The second-order valence-electron chi connectivity index (χ2n) is 3.85. The second-order valence-corrected chi connectivity index (χ2v) is 4.29. The summed E-state index contributed by atoms with van der Waals surface area (Å²) in [6.45, 7) is 2.52. The zero-order valence-corrected chi connectivity index (χ0v) is 9.38. The Kier molecular flexibility index (Phi) is 3.08. The van der Waals surface area contributed by atoms with E-state index in [0.29, 0.717) is 19.4 Å². The van der Waals surface area contributed by atoms with Crippen molar-refractivity contribution in [2.24, 2.45) is 0 Å². The number of benzene rings is 1. The Bertz CT molecular complexity index is 387. The molecule has 1 saturated heterocycles. The van der Waals surface area contributed by atoms with Crippen LogP contribution < -0.4 is 0 Å². The number of hydrogen-bond donors (Lipinski definition) is 0. The summed E-state index contributed by atoms with van der Waals surface area (Å²) >= 11 is 5.88. The van der Waals surface area contributed by atoms with Crippen molar-refractivity contribution in [2.45, 2.75) is 25.9 Å². The Balaban J connectivity index is 2.24. The second kappa shape index (κ2) is 4.33. The van der Waals surface area contributed by atoms with Crippen LogP contribution in [0.3, 0.4) is 0 Å². The number of ketones is 1. The molecule has 1 aliphatic rings. The van der Waals surface area contributed by atoms with E-state index in [1.54, 1.807) is 0 Å². The smallest absolute Gasteiger partial charge is 0.138 e. The molecule has 3 heteroatoms. The maximum Gasteiger partial charge on any atom is 0.138 e. The van der Waals surface area contributed by atoms with Crippen molar-refractivity contribution >= 4 is 17.4 Å². The summed E-state index contributed by atoms with van der Waals surface area (Å²) in [6, 6.07) is 5.69. The Labute approximate surface area is 94.2 Å². The molecule has 1 aromatic carbocycles. The number of ether oxygens (including phenoxy) is 1. The van der Waals surface area contributed by atoms with Crippen molar-refractivity contribution in [3.05, 3.63) is 34.3 Å². The highest BCUT2D eigenvalue weighted by molar-refractivity contribution is 6.30. The molecule has 0 N–H and O–H groups in total. The van der Waals surface area contributed by atoms with Crippen molar-refractivity contribution in [3.63, 3.8) is 0 Å². The first kappa shape index (κ1) is 10.7. The van der Waals surface area contributed by atoms with E-state index in [-0.39, 0.29) is 11.9 Å². The van der Waals surface area contributed by atoms with Crippen LogP contribution in [0.1, 0.15) is 30.1 Å². The van der Waals surface area contributed by atoms with Gasteiger partial charge in [0.1, 0.15) is 5.78 Å². The summed E-state index contributed by atoms with van der Waals surface area (Å²) < 4.78 is 5.59. The van der Waals surface area contributed by atoms with Crippen molar-refractivity contribution in [2.75, 3.05) is 6.61 Å². The van der Waals surface area contributed by atoms with E-state index in [1.165, 1.54) is 0 Å². The fourth-order valence-electron chi connectivity index (χ4n) is 1.88. The maximum atomic E-state index is 11.3. The zero-order chi connectivity index (χ0) is 10.8. The van der Waals surface area contributed by atoms with E-state index in [0.717, 1.165) is 16.1 Å². The van der Waals surface area contributed by atoms with Crippen molar-refractivity contribution < 1.29 is 9.53 Å². The number of aryl methyl sites for hydroxylation is 1. The quantitative estimate of drug-likeness (QED) is 0.733. The number of rotatable bonds is 1. The standard InChI is InChI=1S/C12H13ClO2/c1-8-6-9(13)2-3-11(8)12-7-10(14)4-5-15-12/h2-3,6,12H,4-5,7H2,1H3. The number of halogens is 1. The number of Topliss-reactive ketones (excluding diaryl/α,β-unsaturated/α-hetero) is 1. The normalized spacial score (nSPS) is 21.7. The molecule has 0 bridgehead atoms. The molecular weight excluding hydrogens is 212 g/mol. The SMILES string of the molecule is Cc1cc(Cl)ccc1C1CC(=O)CCO1. The van der Waals surface area contributed by atoms with Gasteiger partial charge in [0.05, 0.1) is 12.7 Å². The van der Waals surface area contributed by atoms with Gasteiger partial charge in [0.2, 0.25) is 0 Å². The van der Waals surface area contributed by atoms with Crippen LogP contribution in [-0.4, -0.2) is 12.4 Å². The largest absolute Gasteiger partial charge is 0.373 e. The lowest BCUT2D eigenvalue weighted by molar-refractivity contribution is -0.128. The Hall–Kier alpha value is -0.860. The number of hydrogen-bond acceptors (Lipinski definition) is 2. The predicted octanol–water partition coefficient (Wildman–Crippen LogP) is 3.07. The Morgan fingerprint density at radius 2 is 2.27 bits per heavy atom. The van der Waals surface area contributed by atoms with Gasteiger partial charge in [-0.15, -0.1) is 0 Å². The third kappa shape index (κ3) is 2.39. The van der Waals surface area contributed by atoms with Crippen molar-refractivity contribution in [1.29, 1.82) is 0 Å². The van der Waals surface area contributed by atoms with Gasteiger partial charge in [-0.05, 0) is 30.2 Å². The summed E-state index contributed by atoms with van der Waals surface area (Å²) in [7, 11) is 0.